The van der Waals surface area contributed by atoms with E-state index >= 15 is 0 Å². The summed E-state index contributed by atoms with van der Waals surface area (Å²) in [4.78, 5) is 0. The van der Waals surface area contributed by atoms with E-state index in [9.17, 15) is 17.6 Å². The van der Waals surface area contributed by atoms with Gasteiger partial charge in [-0.1, -0.05) is 6.07 Å². The predicted molar refractivity (Wildman–Crippen MR) is 41.0 cm³/mol. The van der Waals surface area contributed by atoms with Crippen molar-refractivity contribution in [1.82, 2.24) is 0 Å². The molecule has 0 saturated carbocycles. The van der Waals surface area contributed by atoms with Gasteiger partial charge in [0.05, 0.1) is 0 Å². The predicted octanol–water partition coefficient (Wildman–Crippen LogP) is 2.18. The van der Waals surface area contributed by atoms with Gasteiger partial charge in [-0.25, -0.2) is 4.39 Å². The Morgan fingerprint density at radius 3 is 2.43 bits per heavy atom. The molecular weight excluding hydrogens is 202 g/mol. The Bertz CT molecular complexity index is 324. The fourth-order valence-electron chi connectivity index (χ4n) is 0.957. The summed E-state index contributed by atoms with van der Waals surface area (Å²) in [7, 11) is 0. The van der Waals surface area contributed by atoms with Crippen molar-refractivity contribution < 1.29 is 22.3 Å². The fraction of sp³-hybridized carbons (Fsp3) is 0.250. The molecule has 0 bridgehead atoms. The molecule has 0 aliphatic rings. The van der Waals surface area contributed by atoms with Gasteiger partial charge in [0.25, 0.3) is 0 Å². The van der Waals surface area contributed by atoms with Crippen LogP contribution >= 0.6 is 0 Å². The minimum atomic E-state index is -4.84. The molecule has 0 unspecified atom stereocenters. The molecule has 1 rings (SSSR count). The first-order chi connectivity index (χ1) is 6.44. The monoisotopic (exact) mass is 209 g/mol. The van der Waals surface area contributed by atoms with Gasteiger partial charge < -0.3 is 10.5 Å². The second-order valence-electron chi connectivity index (χ2n) is 2.47. The van der Waals surface area contributed by atoms with Crippen molar-refractivity contribution in [3.63, 3.8) is 0 Å². The molecule has 0 atom stereocenters. The van der Waals surface area contributed by atoms with Gasteiger partial charge in [0.15, 0.2) is 0 Å². The second-order valence-corrected chi connectivity index (χ2v) is 2.47. The number of nitrogens with two attached hydrogens (primary N) is 1. The normalized spacial score (nSPS) is 11.5. The summed E-state index contributed by atoms with van der Waals surface area (Å²) in [5.74, 6) is -1.41. The quantitative estimate of drug-likeness (QED) is 0.757. The molecule has 0 radical (unpaired) electrons. The molecule has 0 fully saturated rings. The summed E-state index contributed by atoms with van der Waals surface area (Å²) < 4.78 is 51.9. The number of ether oxygens (including phenoxy) is 1. The Kier molecular flexibility index (Phi) is 2.95. The third-order valence-corrected chi connectivity index (χ3v) is 1.51. The van der Waals surface area contributed by atoms with Gasteiger partial charge >= 0.3 is 6.36 Å². The number of hydrogen-bond acceptors (Lipinski definition) is 2. The van der Waals surface area contributed by atoms with Gasteiger partial charge in [0.1, 0.15) is 11.6 Å². The van der Waals surface area contributed by atoms with E-state index in [0.717, 1.165) is 18.2 Å². The molecule has 2 N–H and O–H groups in total. The highest BCUT2D eigenvalue weighted by atomic mass is 19.4. The number of hydrogen-bond donors (Lipinski definition) is 1. The highest BCUT2D eigenvalue weighted by molar-refractivity contribution is 5.34. The largest absolute Gasteiger partial charge is 0.573 e. The van der Waals surface area contributed by atoms with E-state index in [0.29, 0.717) is 0 Å². The Labute approximate surface area is 77.3 Å². The average Bonchev–Trinajstić information content (AvgIpc) is 2.01. The fourth-order valence-corrected chi connectivity index (χ4v) is 0.957. The maximum absolute atomic E-state index is 12.9. The zero-order valence-electron chi connectivity index (χ0n) is 6.94. The first kappa shape index (κ1) is 10.8. The molecule has 0 aliphatic carbocycles. The van der Waals surface area contributed by atoms with Crippen LogP contribution in [0.4, 0.5) is 17.6 Å². The van der Waals surface area contributed by atoms with Crippen molar-refractivity contribution in [2.75, 3.05) is 0 Å². The topological polar surface area (TPSA) is 35.2 Å². The van der Waals surface area contributed by atoms with Gasteiger partial charge in [-0.15, -0.1) is 13.2 Å². The molecule has 14 heavy (non-hydrogen) atoms. The summed E-state index contributed by atoms with van der Waals surface area (Å²) in [6, 6.07) is 3.15. The van der Waals surface area contributed by atoms with E-state index < -0.39 is 17.9 Å². The maximum Gasteiger partial charge on any atom is 0.573 e. The van der Waals surface area contributed by atoms with Crippen molar-refractivity contribution in [1.29, 1.82) is 0 Å². The minimum absolute atomic E-state index is 0.287. The third-order valence-electron chi connectivity index (χ3n) is 1.51. The molecule has 1 aromatic rings. The zero-order valence-corrected chi connectivity index (χ0v) is 6.94. The van der Waals surface area contributed by atoms with Crippen molar-refractivity contribution in [3.05, 3.63) is 29.6 Å². The van der Waals surface area contributed by atoms with E-state index in [4.69, 9.17) is 5.73 Å². The van der Waals surface area contributed by atoms with E-state index in [1.807, 2.05) is 0 Å². The lowest BCUT2D eigenvalue weighted by molar-refractivity contribution is -0.275. The summed E-state index contributed by atoms with van der Waals surface area (Å²) in [6.45, 7) is -0.349. The van der Waals surface area contributed by atoms with Gasteiger partial charge in [0, 0.05) is 12.1 Å². The van der Waals surface area contributed by atoms with E-state index in [2.05, 4.69) is 4.74 Å². The van der Waals surface area contributed by atoms with Crippen LogP contribution in [0.5, 0.6) is 5.75 Å². The van der Waals surface area contributed by atoms with Crippen LogP contribution in [-0.4, -0.2) is 6.36 Å². The molecule has 2 nitrogen and oxygen atoms in total. The van der Waals surface area contributed by atoms with Gasteiger partial charge in [-0.3, -0.25) is 0 Å². The summed E-state index contributed by atoms with van der Waals surface area (Å²) in [5.41, 5.74) is 4.80. The molecular formula is C8H7F4NO. The maximum atomic E-state index is 12.9. The lowest BCUT2D eigenvalue weighted by Gasteiger charge is -2.12. The Balaban J connectivity index is 3.02. The first-order valence-corrected chi connectivity index (χ1v) is 3.67. The van der Waals surface area contributed by atoms with Crippen LogP contribution in [0.1, 0.15) is 5.56 Å². The first-order valence-electron chi connectivity index (χ1n) is 3.67. The van der Waals surface area contributed by atoms with Gasteiger partial charge in [0.2, 0.25) is 0 Å². The van der Waals surface area contributed by atoms with E-state index in [-0.39, 0.29) is 12.1 Å². The smallest absolute Gasteiger partial charge is 0.405 e. The Hall–Kier alpha value is -1.30. The molecule has 0 aromatic heterocycles. The highest BCUT2D eigenvalue weighted by Gasteiger charge is 2.32. The number of benzene rings is 1. The summed E-state index contributed by atoms with van der Waals surface area (Å²) >= 11 is 0. The van der Waals surface area contributed by atoms with E-state index in [1.165, 1.54) is 0 Å². The molecule has 0 aliphatic heterocycles. The van der Waals surface area contributed by atoms with Crippen molar-refractivity contribution >= 4 is 0 Å². The van der Waals surface area contributed by atoms with Crippen LogP contribution in [0.3, 0.4) is 0 Å². The Morgan fingerprint density at radius 2 is 1.93 bits per heavy atom. The minimum Gasteiger partial charge on any atom is -0.405 e. The van der Waals surface area contributed by atoms with Crippen molar-refractivity contribution in [3.8, 4) is 5.75 Å². The lowest BCUT2D eigenvalue weighted by Crippen LogP contribution is -2.19. The Morgan fingerprint density at radius 1 is 1.29 bits per heavy atom. The van der Waals surface area contributed by atoms with Crippen LogP contribution in [0.2, 0.25) is 0 Å². The van der Waals surface area contributed by atoms with Gasteiger partial charge in [-0.05, 0) is 12.1 Å². The molecule has 6 heteroatoms. The van der Waals surface area contributed by atoms with Crippen molar-refractivity contribution in [2.24, 2.45) is 5.73 Å². The van der Waals surface area contributed by atoms with E-state index in [1.54, 1.807) is 0 Å². The van der Waals surface area contributed by atoms with Crippen molar-refractivity contribution in [2.45, 2.75) is 12.9 Å². The van der Waals surface area contributed by atoms with Gasteiger partial charge in [-0.2, -0.15) is 0 Å². The zero-order chi connectivity index (χ0) is 10.8. The summed E-state index contributed by atoms with van der Waals surface area (Å²) in [5, 5.41) is 0. The third kappa shape index (κ3) is 2.59. The highest BCUT2D eigenvalue weighted by Crippen LogP contribution is 2.27. The molecule has 78 valence electrons. The standard InChI is InChI=1S/C8H7F4NO/c9-6-2-1-3-7(5(6)4-13)14-8(10,11)12/h1-3H,4,13H2. The average molecular weight is 209 g/mol. The summed E-state index contributed by atoms with van der Waals surface area (Å²) in [6.07, 6.45) is -4.84. The molecule has 1 aromatic carbocycles. The molecule has 0 amide bonds. The number of rotatable bonds is 2. The molecule has 0 heterocycles. The van der Waals surface area contributed by atoms with Crippen LogP contribution in [0, 0.1) is 5.82 Å². The number of halogens is 4. The van der Waals surface area contributed by atoms with Crippen LogP contribution in [-0.2, 0) is 6.54 Å². The second kappa shape index (κ2) is 3.83. The lowest BCUT2D eigenvalue weighted by atomic mass is 10.2. The van der Waals surface area contributed by atoms with Crippen LogP contribution in [0.15, 0.2) is 18.2 Å². The molecule has 0 spiro atoms. The SMILES string of the molecule is NCc1c(F)cccc1OC(F)(F)F. The van der Waals surface area contributed by atoms with Crippen LogP contribution in [0.25, 0.3) is 0 Å². The molecule has 0 saturated heterocycles. The number of alkyl halides is 3. The van der Waals surface area contributed by atoms with Crippen LogP contribution < -0.4 is 10.5 Å².